The standard InChI is InChI=1S/C23H37N5Si.ClH/c1-19-16-21(6-7-22(19)24)27-9-5-8-25(12-14-27)10-11-26-13-15-28(18-26)23(3,4)20(2)17-29;/h6-7,13,15-16,18,20H,5,8-12,14,17,24H2,1-4H3;1H/q+1;/p-1. The molecule has 165 valence electrons. The molecular formula is C23H37ClN5Si. The molecule has 1 atom stereocenters. The molecule has 2 heterocycles. The Labute approximate surface area is 192 Å². The topological polar surface area (TPSA) is 41.3 Å². The van der Waals surface area contributed by atoms with E-state index < -0.39 is 0 Å². The van der Waals surface area contributed by atoms with Crippen molar-refractivity contribution in [1.82, 2.24) is 9.47 Å². The smallest absolute Gasteiger partial charge is 0.244 e. The minimum absolute atomic E-state index is 0. The van der Waals surface area contributed by atoms with Gasteiger partial charge in [-0.2, -0.15) is 0 Å². The second-order valence-corrected chi connectivity index (χ2v) is 9.45. The summed E-state index contributed by atoms with van der Waals surface area (Å²) in [6.07, 6.45) is 7.89. The molecule has 0 bridgehead atoms. The minimum atomic E-state index is 0. The highest BCUT2D eigenvalue weighted by Gasteiger charge is 2.31. The van der Waals surface area contributed by atoms with Crippen molar-refractivity contribution in [1.29, 1.82) is 0 Å². The highest BCUT2D eigenvalue weighted by atomic mass is 35.5. The zero-order valence-corrected chi connectivity index (χ0v) is 20.7. The molecule has 1 saturated heterocycles. The monoisotopic (exact) mass is 446 g/mol. The van der Waals surface area contributed by atoms with E-state index in [0.29, 0.717) is 5.92 Å². The highest BCUT2D eigenvalue weighted by Crippen LogP contribution is 2.27. The van der Waals surface area contributed by atoms with Crippen LogP contribution in [0.4, 0.5) is 11.4 Å². The maximum absolute atomic E-state index is 5.99. The van der Waals surface area contributed by atoms with Crippen LogP contribution >= 0.6 is 0 Å². The maximum Gasteiger partial charge on any atom is 0.244 e. The normalized spacial score (nSPS) is 16.8. The summed E-state index contributed by atoms with van der Waals surface area (Å²) in [5.74, 6) is 0.563. The fourth-order valence-corrected chi connectivity index (χ4v) is 4.44. The van der Waals surface area contributed by atoms with Crippen molar-refractivity contribution in [2.24, 2.45) is 5.92 Å². The predicted octanol–water partition coefficient (Wildman–Crippen LogP) is -0.159. The van der Waals surface area contributed by atoms with Gasteiger partial charge in [0.25, 0.3) is 0 Å². The molecule has 3 rings (SSSR count). The number of hydrogen-bond acceptors (Lipinski definition) is 3. The number of nitrogen functional groups attached to an aromatic ring is 1. The molecule has 0 saturated carbocycles. The summed E-state index contributed by atoms with van der Waals surface area (Å²) in [6.45, 7) is 15.6. The molecule has 1 aromatic heterocycles. The Hall–Kier alpha value is -1.50. The van der Waals surface area contributed by atoms with Crippen molar-refractivity contribution < 1.29 is 17.0 Å². The quantitative estimate of drug-likeness (QED) is 0.365. The molecule has 2 N–H and O–H groups in total. The lowest BCUT2D eigenvalue weighted by atomic mass is 9.90. The van der Waals surface area contributed by atoms with E-state index in [-0.39, 0.29) is 17.9 Å². The minimum Gasteiger partial charge on any atom is -1.00 e. The molecule has 1 aromatic carbocycles. The van der Waals surface area contributed by atoms with E-state index in [9.17, 15) is 0 Å². The van der Waals surface area contributed by atoms with E-state index in [0.717, 1.165) is 51.0 Å². The Morgan fingerprint density at radius 1 is 1.20 bits per heavy atom. The SMILES string of the molecule is Cc1cc(N2CCCN(CC[n+]3ccn(C(C)(C)C(C)C[Si])c3)CC2)ccc1N.[Cl-]. The van der Waals surface area contributed by atoms with Crippen LogP contribution in [0.2, 0.25) is 6.04 Å². The Morgan fingerprint density at radius 3 is 2.67 bits per heavy atom. The van der Waals surface area contributed by atoms with Crippen LogP contribution in [0.15, 0.2) is 36.9 Å². The van der Waals surface area contributed by atoms with E-state index in [1.807, 2.05) is 6.07 Å². The first-order valence-corrected chi connectivity index (χ1v) is 11.6. The number of aromatic nitrogens is 2. The van der Waals surface area contributed by atoms with Gasteiger partial charge in [-0.25, -0.2) is 9.13 Å². The van der Waals surface area contributed by atoms with Gasteiger partial charge in [-0.1, -0.05) is 13.0 Å². The third kappa shape index (κ3) is 5.80. The summed E-state index contributed by atoms with van der Waals surface area (Å²) in [7, 11) is 3.69. The molecule has 30 heavy (non-hydrogen) atoms. The Kier molecular flexibility index (Phi) is 8.82. The summed E-state index contributed by atoms with van der Waals surface area (Å²) in [6, 6.07) is 7.42. The van der Waals surface area contributed by atoms with Crippen molar-refractivity contribution >= 4 is 21.6 Å². The van der Waals surface area contributed by atoms with Gasteiger partial charge in [-0.05, 0) is 56.9 Å². The molecule has 5 nitrogen and oxygen atoms in total. The van der Waals surface area contributed by atoms with Gasteiger partial charge >= 0.3 is 0 Å². The molecule has 0 spiro atoms. The van der Waals surface area contributed by atoms with Gasteiger partial charge in [0, 0.05) is 54.3 Å². The van der Waals surface area contributed by atoms with Crippen LogP contribution in [0.1, 0.15) is 32.8 Å². The van der Waals surface area contributed by atoms with E-state index in [1.54, 1.807) is 0 Å². The first-order valence-electron chi connectivity index (χ1n) is 10.9. The van der Waals surface area contributed by atoms with Crippen molar-refractivity contribution in [2.45, 2.75) is 52.2 Å². The summed E-state index contributed by atoms with van der Waals surface area (Å²) in [4.78, 5) is 5.10. The molecule has 1 unspecified atom stereocenters. The van der Waals surface area contributed by atoms with Crippen LogP contribution < -0.4 is 27.6 Å². The van der Waals surface area contributed by atoms with Crippen LogP contribution in [0.3, 0.4) is 0 Å². The number of hydrogen-bond donors (Lipinski definition) is 1. The summed E-state index contributed by atoms with van der Waals surface area (Å²) in [5, 5.41) is 0. The largest absolute Gasteiger partial charge is 1.00 e. The first-order chi connectivity index (χ1) is 13.8. The maximum atomic E-state index is 5.99. The highest BCUT2D eigenvalue weighted by molar-refractivity contribution is 6.08. The average molecular weight is 447 g/mol. The zero-order chi connectivity index (χ0) is 21.0. The number of aryl methyl sites for hydroxylation is 1. The van der Waals surface area contributed by atoms with Crippen LogP contribution in [0.5, 0.6) is 0 Å². The molecule has 2 aromatic rings. The van der Waals surface area contributed by atoms with E-state index in [4.69, 9.17) is 5.73 Å². The lowest BCUT2D eigenvalue weighted by Gasteiger charge is -2.27. The Morgan fingerprint density at radius 2 is 1.97 bits per heavy atom. The fraction of sp³-hybridized carbons (Fsp3) is 0.609. The molecule has 1 fully saturated rings. The Bertz CT molecular complexity index is 807. The summed E-state index contributed by atoms with van der Waals surface area (Å²) < 4.78 is 4.68. The van der Waals surface area contributed by atoms with Gasteiger partial charge in [-0.15, -0.1) is 0 Å². The van der Waals surface area contributed by atoms with Gasteiger partial charge in [0.2, 0.25) is 6.33 Å². The van der Waals surface area contributed by atoms with Crippen LogP contribution in [0, 0.1) is 12.8 Å². The van der Waals surface area contributed by atoms with Crippen molar-refractivity contribution in [3.63, 3.8) is 0 Å². The third-order valence-corrected chi connectivity index (χ3v) is 7.36. The van der Waals surface area contributed by atoms with E-state index in [1.165, 1.54) is 17.7 Å². The molecule has 3 radical (unpaired) electrons. The number of halogens is 1. The molecule has 0 amide bonds. The van der Waals surface area contributed by atoms with Gasteiger partial charge in [0.1, 0.15) is 24.5 Å². The number of benzene rings is 1. The lowest BCUT2D eigenvalue weighted by Crippen LogP contribution is -3.00. The number of nitrogens with two attached hydrogens (primary N) is 1. The number of nitrogens with zero attached hydrogens (tertiary/aromatic N) is 4. The van der Waals surface area contributed by atoms with Crippen LogP contribution in [-0.2, 0) is 12.1 Å². The number of rotatable bonds is 7. The van der Waals surface area contributed by atoms with Gasteiger partial charge in [-0.3, -0.25) is 4.90 Å². The van der Waals surface area contributed by atoms with Crippen molar-refractivity contribution in [3.8, 4) is 0 Å². The van der Waals surface area contributed by atoms with Crippen molar-refractivity contribution in [3.05, 3.63) is 42.5 Å². The summed E-state index contributed by atoms with van der Waals surface area (Å²) >= 11 is 0. The average Bonchev–Trinajstić information content (AvgIpc) is 3.07. The second-order valence-electron chi connectivity index (χ2n) is 9.04. The van der Waals surface area contributed by atoms with Gasteiger partial charge in [0.05, 0.1) is 0 Å². The van der Waals surface area contributed by atoms with Crippen LogP contribution in [-0.4, -0.2) is 52.4 Å². The second kappa shape index (κ2) is 10.7. The summed E-state index contributed by atoms with van der Waals surface area (Å²) in [5.41, 5.74) is 9.43. The molecule has 1 aliphatic heterocycles. The van der Waals surface area contributed by atoms with Crippen LogP contribution in [0.25, 0.3) is 0 Å². The number of imidazole rings is 1. The predicted molar refractivity (Wildman–Crippen MR) is 123 cm³/mol. The fourth-order valence-electron chi connectivity index (χ4n) is 3.94. The first kappa shape index (κ1) is 24.8. The van der Waals surface area contributed by atoms with Gasteiger partial charge < -0.3 is 23.0 Å². The molecular weight excluding hydrogens is 410 g/mol. The molecule has 7 heteroatoms. The zero-order valence-electron chi connectivity index (χ0n) is 18.9. The van der Waals surface area contributed by atoms with E-state index >= 15 is 0 Å². The lowest BCUT2D eigenvalue weighted by molar-refractivity contribution is -0.696. The number of anilines is 2. The Balaban J connectivity index is 0.00000320. The van der Waals surface area contributed by atoms with Crippen molar-refractivity contribution in [2.75, 3.05) is 43.4 Å². The molecule has 1 aliphatic rings. The molecule has 0 aliphatic carbocycles. The van der Waals surface area contributed by atoms with Gasteiger partial charge in [0.15, 0.2) is 0 Å². The third-order valence-electron chi connectivity index (χ3n) is 6.75. The van der Waals surface area contributed by atoms with E-state index in [2.05, 4.69) is 87.7 Å².